The van der Waals surface area contributed by atoms with Gasteiger partial charge in [0.15, 0.2) is 5.11 Å². The largest absolute Gasteiger partial charge is 0.457 e. The quantitative estimate of drug-likeness (QED) is 0.512. The highest BCUT2D eigenvalue weighted by molar-refractivity contribution is 7.80. The summed E-state index contributed by atoms with van der Waals surface area (Å²) in [6, 6.07) is 14.5. The number of carbonyl (C=O) groups is 1. The van der Waals surface area contributed by atoms with Gasteiger partial charge in [-0.1, -0.05) is 11.6 Å². The summed E-state index contributed by atoms with van der Waals surface area (Å²) in [6.07, 6.45) is 6.18. The predicted octanol–water partition coefficient (Wildman–Crippen LogP) is 4.52. The smallest absolute Gasteiger partial charge is 0.250 e. The number of furan rings is 1. The first-order chi connectivity index (χ1) is 12.6. The fourth-order valence-electron chi connectivity index (χ4n) is 2.12. The third kappa shape index (κ3) is 5.02. The lowest BCUT2D eigenvalue weighted by Gasteiger charge is -2.06. The molecule has 0 atom stereocenters. The normalized spacial score (nSPS) is 10.7. The van der Waals surface area contributed by atoms with Crippen molar-refractivity contribution in [2.75, 3.05) is 5.32 Å². The number of anilines is 1. The molecule has 3 aromatic rings. The zero-order valence-corrected chi connectivity index (χ0v) is 15.1. The van der Waals surface area contributed by atoms with Crippen LogP contribution >= 0.6 is 23.8 Å². The van der Waals surface area contributed by atoms with Crippen molar-refractivity contribution in [1.82, 2.24) is 10.3 Å². The second-order valence-electron chi connectivity index (χ2n) is 5.23. The summed E-state index contributed by atoms with van der Waals surface area (Å²) in [7, 11) is 0. The van der Waals surface area contributed by atoms with Gasteiger partial charge in [0.2, 0.25) is 5.91 Å². The molecule has 0 saturated heterocycles. The number of nitrogens with one attached hydrogen (secondary N) is 2. The Morgan fingerprint density at radius 1 is 1.15 bits per heavy atom. The number of aromatic nitrogens is 1. The standard InChI is InChI=1S/C19H14ClN3O2S/c20-14-5-3-13(4-6-14)17-9-7-16(25-17)8-10-18(24)23-19(26)22-15-2-1-11-21-12-15/h1-12H,(H2,22,23,24,26). The molecule has 0 unspecified atom stereocenters. The minimum absolute atomic E-state index is 0.189. The molecule has 1 aromatic carbocycles. The molecule has 0 bridgehead atoms. The first kappa shape index (κ1) is 17.8. The number of rotatable bonds is 4. The van der Waals surface area contributed by atoms with E-state index in [4.69, 9.17) is 28.2 Å². The molecule has 0 radical (unpaired) electrons. The van der Waals surface area contributed by atoms with Crippen molar-refractivity contribution < 1.29 is 9.21 Å². The summed E-state index contributed by atoms with van der Waals surface area (Å²) in [4.78, 5) is 15.9. The fourth-order valence-corrected chi connectivity index (χ4v) is 2.47. The number of thiocarbonyl (C=S) groups is 1. The molecule has 5 nitrogen and oxygen atoms in total. The van der Waals surface area contributed by atoms with E-state index in [0.29, 0.717) is 22.2 Å². The van der Waals surface area contributed by atoms with Crippen LogP contribution in [0, 0.1) is 0 Å². The average Bonchev–Trinajstić information content (AvgIpc) is 3.10. The predicted molar refractivity (Wildman–Crippen MR) is 107 cm³/mol. The van der Waals surface area contributed by atoms with Gasteiger partial charge in [-0.05, 0) is 66.8 Å². The Morgan fingerprint density at radius 2 is 1.96 bits per heavy atom. The Balaban J connectivity index is 1.56. The lowest BCUT2D eigenvalue weighted by atomic mass is 10.2. The minimum atomic E-state index is -0.365. The number of carbonyl (C=O) groups excluding carboxylic acids is 1. The van der Waals surface area contributed by atoms with E-state index in [0.717, 1.165) is 5.56 Å². The summed E-state index contributed by atoms with van der Waals surface area (Å²) < 4.78 is 5.69. The summed E-state index contributed by atoms with van der Waals surface area (Å²) in [6.45, 7) is 0. The van der Waals surface area contributed by atoms with Crippen molar-refractivity contribution in [2.45, 2.75) is 0 Å². The van der Waals surface area contributed by atoms with E-state index < -0.39 is 0 Å². The van der Waals surface area contributed by atoms with Gasteiger partial charge in [-0.25, -0.2) is 0 Å². The van der Waals surface area contributed by atoms with Crippen molar-refractivity contribution in [2.24, 2.45) is 0 Å². The molecular weight excluding hydrogens is 370 g/mol. The zero-order chi connectivity index (χ0) is 18.4. The number of hydrogen-bond acceptors (Lipinski definition) is 4. The van der Waals surface area contributed by atoms with Gasteiger partial charge < -0.3 is 9.73 Å². The summed E-state index contributed by atoms with van der Waals surface area (Å²) in [5.41, 5.74) is 1.60. The van der Waals surface area contributed by atoms with Gasteiger partial charge in [-0.15, -0.1) is 0 Å². The second-order valence-corrected chi connectivity index (χ2v) is 6.07. The van der Waals surface area contributed by atoms with Crippen molar-refractivity contribution in [3.63, 3.8) is 0 Å². The van der Waals surface area contributed by atoms with Crippen LogP contribution in [0.5, 0.6) is 0 Å². The SMILES string of the molecule is O=C(C=Cc1ccc(-c2ccc(Cl)cc2)o1)NC(=S)Nc1cccnc1. The number of pyridine rings is 1. The maximum atomic E-state index is 11.9. The van der Waals surface area contributed by atoms with Gasteiger partial charge in [0.25, 0.3) is 0 Å². The molecule has 2 aromatic heterocycles. The number of hydrogen-bond donors (Lipinski definition) is 2. The van der Waals surface area contributed by atoms with Crippen LogP contribution in [-0.4, -0.2) is 16.0 Å². The minimum Gasteiger partial charge on any atom is -0.457 e. The van der Waals surface area contributed by atoms with Crippen LogP contribution in [0.2, 0.25) is 5.02 Å². The highest BCUT2D eigenvalue weighted by atomic mass is 35.5. The van der Waals surface area contributed by atoms with Crippen molar-refractivity contribution in [3.05, 3.63) is 77.8 Å². The van der Waals surface area contributed by atoms with Gasteiger partial charge in [0.1, 0.15) is 11.5 Å². The van der Waals surface area contributed by atoms with Crippen LogP contribution < -0.4 is 10.6 Å². The number of benzene rings is 1. The molecule has 0 aliphatic rings. The van der Waals surface area contributed by atoms with E-state index in [1.807, 2.05) is 18.2 Å². The van der Waals surface area contributed by atoms with Crippen molar-refractivity contribution in [3.8, 4) is 11.3 Å². The van der Waals surface area contributed by atoms with Gasteiger partial charge in [-0.3, -0.25) is 15.1 Å². The van der Waals surface area contributed by atoms with E-state index in [-0.39, 0.29) is 11.0 Å². The molecule has 0 aliphatic heterocycles. The van der Waals surface area contributed by atoms with E-state index in [9.17, 15) is 4.79 Å². The van der Waals surface area contributed by atoms with Crippen LogP contribution in [0.25, 0.3) is 17.4 Å². The number of halogens is 1. The van der Waals surface area contributed by atoms with Gasteiger partial charge in [-0.2, -0.15) is 0 Å². The molecule has 7 heteroatoms. The molecule has 2 heterocycles. The first-order valence-corrected chi connectivity index (χ1v) is 8.44. The maximum absolute atomic E-state index is 11.9. The topological polar surface area (TPSA) is 67.2 Å². The monoisotopic (exact) mass is 383 g/mol. The molecule has 26 heavy (non-hydrogen) atoms. The summed E-state index contributed by atoms with van der Waals surface area (Å²) in [5.74, 6) is 0.877. The third-order valence-electron chi connectivity index (χ3n) is 3.31. The Hall–Kier alpha value is -2.96. The highest BCUT2D eigenvalue weighted by Crippen LogP contribution is 2.24. The molecule has 0 fully saturated rings. The van der Waals surface area contributed by atoms with E-state index in [2.05, 4.69) is 15.6 Å². The van der Waals surface area contributed by atoms with Gasteiger partial charge in [0, 0.05) is 22.9 Å². The van der Waals surface area contributed by atoms with Crippen molar-refractivity contribution >= 4 is 46.6 Å². The first-order valence-electron chi connectivity index (χ1n) is 7.66. The Labute approximate surface area is 160 Å². The summed E-state index contributed by atoms with van der Waals surface area (Å²) >= 11 is 11.0. The van der Waals surface area contributed by atoms with E-state index in [1.165, 1.54) is 6.08 Å². The maximum Gasteiger partial charge on any atom is 0.250 e. The van der Waals surface area contributed by atoms with Crippen molar-refractivity contribution in [1.29, 1.82) is 0 Å². The van der Waals surface area contributed by atoms with Gasteiger partial charge in [0.05, 0.1) is 11.9 Å². The Morgan fingerprint density at radius 3 is 2.69 bits per heavy atom. The van der Waals surface area contributed by atoms with Gasteiger partial charge >= 0.3 is 0 Å². The number of nitrogens with zero attached hydrogens (tertiary/aromatic N) is 1. The molecular formula is C19H14ClN3O2S. The Kier molecular flexibility index (Phi) is 5.78. The molecule has 0 spiro atoms. The highest BCUT2D eigenvalue weighted by Gasteiger charge is 2.05. The lowest BCUT2D eigenvalue weighted by Crippen LogP contribution is -2.32. The second kappa shape index (κ2) is 8.42. The molecule has 0 aliphatic carbocycles. The number of amides is 1. The van der Waals surface area contributed by atoms with Crippen LogP contribution in [0.3, 0.4) is 0 Å². The molecule has 2 N–H and O–H groups in total. The van der Waals surface area contributed by atoms with Crippen LogP contribution in [0.15, 0.2) is 71.4 Å². The molecule has 3 rings (SSSR count). The lowest BCUT2D eigenvalue weighted by molar-refractivity contribution is -0.115. The summed E-state index contributed by atoms with van der Waals surface area (Å²) in [5, 5.41) is 6.27. The molecule has 1 amide bonds. The fraction of sp³-hybridized carbons (Fsp3) is 0. The zero-order valence-electron chi connectivity index (χ0n) is 13.5. The third-order valence-corrected chi connectivity index (χ3v) is 3.77. The van der Waals surface area contributed by atoms with Crippen LogP contribution in [-0.2, 0) is 4.79 Å². The molecule has 130 valence electrons. The Bertz CT molecular complexity index is 937. The van der Waals surface area contributed by atoms with E-state index in [1.54, 1.807) is 48.8 Å². The average molecular weight is 384 g/mol. The van der Waals surface area contributed by atoms with E-state index >= 15 is 0 Å². The molecule has 0 saturated carbocycles. The van der Waals surface area contributed by atoms with Crippen LogP contribution in [0.1, 0.15) is 5.76 Å². The van der Waals surface area contributed by atoms with Crippen LogP contribution in [0.4, 0.5) is 5.69 Å².